The summed E-state index contributed by atoms with van der Waals surface area (Å²) in [5.41, 5.74) is -0.742. The Morgan fingerprint density at radius 1 is 1.23 bits per heavy atom. The zero-order valence-corrected chi connectivity index (χ0v) is 12.2. The van der Waals surface area contributed by atoms with Gasteiger partial charge in [0.2, 0.25) is 5.88 Å². The van der Waals surface area contributed by atoms with Crippen LogP contribution in [0, 0.1) is 0 Å². The molecule has 122 valence electrons. The third-order valence-electron chi connectivity index (χ3n) is 4.04. The molecule has 2 saturated heterocycles. The lowest BCUT2D eigenvalue weighted by Crippen LogP contribution is -2.45. The monoisotopic (exact) mass is 318 g/mol. The maximum atomic E-state index is 13.3. The first-order valence-corrected chi connectivity index (χ1v) is 7.08. The number of alkyl halides is 3. The highest BCUT2D eigenvalue weighted by Gasteiger charge is 2.43. The van der Waals surface area contributed by atoms with Gasteiger partial charge in [-0.2, -0.15) is 13.2 Å². The summed E-state index contributed by atoms with van der Waals surface area (Å²) < 4.78 is 56.0. The van der Waals surface area contributed by atoms with E-state index in [0.29, 0.717) is 39.1 Å². The van der Waals surface area contributed by atoms with Gasteiger partial charge in [-0.3, -0.25) is 0 Å². The summed E-state index contributed by atoms with van der Waals surface area (Å²) in [6.45, 7) is 1.85. The van der Waals surface area contributed by atoms with Crippen molar-refractivity contribution in [3.8, 4) is 5.88 Å². The van der Waals surface area contributed by atoms with Crippen molar-refractivity contribution in [3.63, 3.8) is 0 Å². The zero-order chi connectivity index (χ0) is 15.8. The first-order chi connectivity index (χ1) is 10.5. The number of nitrogens with zero attached hydrogens (tertiary/aromatic N) is 2. The van der Waals surface area contributed by atoms with Gasteiger partial charge in [-0.25, -0.2) is 4.98 Å². The number of piperidine rings is 1. The number of aromatic nitrogens is 1. The molecule has 3 rings (SSSR count). The fraction of sp³-hybridized carbons (Fsp3) is 0.643. The highest BCUT2D eigenvalue weighted by atomic mass is 19.4. The maximum Gasteiger partial charge on any atom is 0.418 e. The first kappa shape index (κ1) is 15.4. The second-order valence-corrected chi connectivity index (χ2v) is 5.31. The van der Waals surface area contributed by atoms with Crippen molar-refractivity contribution in [1.82, 2.24) is 4.98 Å². The van der Waals surface area contributed by atoms with Crippen molar-refractivity contribution >= 4 is 5.69 Å². The van der Waals surface area contributed by atoms with Crippen LogP contribution < -0.4 is 9.64 Å². The fourth-order valence-corrected chi connectivity index (χ4v) is 2.98. The molecule has 3 heterocycles. The number of rotatable bonds is 2. The molecule has 22 heavy (non-hydrogen) atoms. The molecular formula is C14H17F3N2O3. The summed E-state index contributed by atoms with van der Waals surface area (Å²) in [7, 11) is 1.32. The van der Waals surface area contributed by atoms with Gasteiger partial charge < -0.3 is 19.1 Å². The molecule has 1 aromatic rings. The molecule has 0 atom stereocenters. The molecule has 5 nitrogen and oxygen atoms in total. The van der Waals surface area contributed by atoms with E-state index in [1.54, 1.807) is 4.90 Å². The highest BCUT2D eigenvalue weighted by Crippen LogP contribution is 2.43. The van der Waals surface area contributed by atoms with Crippen LogP contribution in [0.3, 0.4) is 0 Å². The van der Waals surface area contributed by atoms with E-state index < -0.39 is 17.5 Å². The van der Waals surface area contributed by atoms with Crippen LogP contribution >= 0.6 is 0 Å². The number of pyridine rings is 1. The Hall–Kier alpha value is -1.54. The molecule has 0 bridgehead atoms. The second kappa shape index (κ2) is 5.58. The lowest BCUT2D eigenvalue weighted by Gasteiger charge is -2.39. The molecule has 2 aliphatic heterocycles. The van der Waals surface area contributed by atoms with Crippen LogP contribution in [0.25, 0.3) is 0 Å². The molecule has 0 amide bonds. The largest absolute Gasteiger partial charge is 0.480 e. The molecule has 1 spiro atoms. The number of anilines is 1. The van der Waals surface area contributed by atoms with Gasteiger partial charge >= 0.3 is 6.18 Å². The van der Waals surface area contributed by atoms with Crippen LogP contribution in [0.5, 0.6) is 5.88 Å². The van der Waals surface area contributed by atoms with E-state index in [0.717, 1.165) is 12.3 Å². The van der Waals surface area contributed by atoms with Crippen LogP contribution in [-0.4, -0.2) is 44.2 Å². The molecule has 0 radical (unpaired) electrons. The predicted octanol–water partition coefficient (Wildman–Crippen LogP) is 2.45. The average Bonchev–Trinajstić information content (AvgIpc) is 2.95. The Bertz CT molecular complexity index is 535. The molecule has 0 unspecified atom stereocenters. The van der Waals surface area contributed by atoms with Gasteiger partial charge in [0.1, 0.15) is 5.69 Å². The molecule has 8 heteroatoms. The van der Waals surface area contributed by atoms with Crippen molar-refractivity contribution in [2.45, 2.75) is 24.8 Å². The third kappa shape index (κ3) is 2.72. The van der Waals surface area contributed by atoms with E-state index in [2.05, 4.69) is 4.98 Å². The highest BCUT2D eigenvalue weighted by molar-refractivity contribution is 5.62. The standard InChI is InChI=1S/C14H17F3N2O3/c1-20-12-11(10(2-5-18-12)14(15,16)17)19-6-3-13(4-7-19)21-8-9-22-13/h2,5H,3-4,6-9H2,1H3. The summed E-state index contributed by atoms with van der Waals surface area (Å²) >= 11 is 0. The zero-order valence-electron chi connectivity index (χ0n) is 12.2. The number of hydrogen-bond acceptors (Lipinski definition) is 5. The first-order valence-electron chi connectivity index (χ1n) is 7.08. The Labute approximate surface area is 126 Å². The van der Waals surface area contributed by atoms with Crippen LogP contribution in [0.1, 0.15) is 18.4 Å². The lowest BCUT2D eigenvalue weighted by atomic mass is 10.0. The van der Waals surface area contributed by atoms with E-state index >= 15 is 0 Å². The van der Waals surface area contributed by atoms with Crippen LogP contribution in [0.2, 0.25) is 0 Å². The number of hydrogen-bond donors (Lipinski definition) is 0. The van der Waals surface area contributed by atoms with Crippen molar-refractivity contribution < 1.29 is 27.4 Å². The van der Waals surface area contributed by atoms with Crippen molar-refractivity contribution in [1.29, 1.82) is 0 Å². The van der Waals surface area contributed by atoms with E-state index in [1.807, 2.05) is 0 Å². The number of methoxy groups -OCH3 is 1. The minimum Gasteiger partial charge on any atom is -0.480 e. The van der Waals surface area contributed by atoms with Gasteiger partial charge in [-0.05, 0) is 6.07 Å². The summed E-state index contributed by atoms with van der Waals surface area (Å²) in [4.78, 5) is 5.55. The quantitative estimate of drug-likeness (QED) is 0.838. The maximum absolute atomic E-state index is 13.3. The topological polar surface area (TPSA) is 43.8 Å². The van der Waals surface area contributed by atoms with E-state index in [9.17, 15) is 13.2 Å². The Morgan fingerprint density at radius 3 is 2.41 bits per heavy atom. The Balaban J connectivity index is 1.88. The van der Waals surface area contributed by atoms with Gasteiger partial charge in [0, 0.05) is 32.1 Å². The molecule has 0 saturated carbocycles. The second-order valence-electron chi connectivity index (χ2n) is 5.31. The van der Waals surface area contributed by atoms with Crippen LogP contribution in [-0.2, 0) is 15.7 Å². The molecule has 2 fully saturated rings. The van der Waals surface area contributed by atoms with Gasteiger partial charge in [0.05, 0.1) is 25.9 Å². The summed E-state index contributed by atoms with van der Waals surface area (Å²) in [5, 5.41) is 0. The van der Waals surface area contributed by atoms with E-state index in [-0.39, 0.29) is 11.6 Å². The SMILES string of the molecule is COc1nccc(C(F)(F)F)c1N1CCC2(CC1)OCCO2. The molecule has 2 aliphatic rings. The smallest absolute Gasteiger partial charge is 0.418 e. The summed E-state index contributed by atoms with van der Waals surface area (Å²) in [6.07, 6.45) is -2.31. The van der Waals surface area contributed by atoms with Crippen LogP contribution in [0.4, 0.5) is 18.9 Å². The van der Waals surface area contributed by atoms with Gasteiger partial charge in [-0.1, -0.05) is 0 Å². The molecule has 0 aliphatic carbocycles. The molecule has 1 aromatic heterocycles. The lowest BCUT2D eigenvalue weighted by molar-refractivity contribution is -0.169. The average molecular weight is 318 g/mol. The van der Waals surface area contributed by atoms with Crippen molar-refractivity contribution in [2.75, 3.05) is 38.3 Å². The van der Waals surface area contributed by atoms with Gasteiger partial charge in [0.25, 0.3) is 0 Å². The summed E-state index contributed by atoms with van der Waals surface area (Å²) in [6, 6.07) is 0.977. The van der Waals surface area contributed by atoms with Crippen molar-refractivity contribution in [2.24, 2.45) is 0 Å². The van der Waals surface area contributed by atoms with E-state index in [1.165, 1.54) is 7.11 Å². The Morgan fingerprint density at radius 2 is 1.86 bits per heavy atom. The van der Waals surface area contributed by atoms with Gasteiger partial charge in [0.15, 0.2) is 5.79 Å². The number of halogens is 3. The normalized spacial score (nSPS) is 21.4. The Kier molecular flexibility index (Phi) is 3.90. The minimum atomic E-state index is -4.46. The fourth-order valence-electron chi connectivity index (χ4n) is 2.98. The predicted molar refractivity (Wildman–Crippen MR) is 71.9 cm³/mol. The number of ether oxygens (including phenoxy) is 3. The van der Waals surface area contributed by atoms with E-state index in [4.69, 9.17) is 14.2 Å². The summed E-state index contributed by atoms with van der Waals surface area (Å²) in [5.74, 6) is -0.649. The minimum absolute atomic E-state index is 0.00894. The third-order valence-corrected chi connectivity index (χ3v) is 4.04. The molecular weight excluding hydrogens is 301 g/mol. The van der Waals surface area contributed by atoms with Crippen molar-refractivity contribution in [3.05, 3.63) is 17.8 Å². The molecule has 0 aromatic carbocycles. The van der Waals surface area contributed by atoms with Crippen LogP contribution in [0.15, 0.2) is 12.3 Å². The van der Waals surface area contributed by atoms with Gasteiger partial charge in [-0.15, -0.1) is 0 Å². The molecule has 0 N–H and O–H groups in total.